The number of aromatic nitrogens is 2. The first kappa shape index (κ1) is 11.7. The molecule has 5 nitrogen and oxygen atoms in total. The zero-order chi connectivity index (χ0) is 12.3. The SMILES string of the molecule is CC(=O)Nc1ccsc1CNc1cnn(C)c1. The van der Waals surface area contributed by atoms with Crippen molar-refractivity contribution < 1.29 is 4.79 Å². The Morgan fingerprint density at radius 2 is 2.41 bits per heavy atom. The van der Waals surface area contributed by atoms with Crippen molar-refractivity contribution in [3.8, 4) is 0 Å². The van der Waals surface area contributed by atoms with E-state index in [1.165, 1.54) is 6.92 Å². The van der Waals surface area contributed by atoms with E-state index in [1.807, 2.05) is 24.7 Å². The van der Waals surface area contributed by atoms with Crippen LogP contribution in [0, 0.1) is 0 Å². The first-order valence-electron chi connectivity index (χ1n) is 5.21. The largest absolute Gasteiger partial charge is 0.378 e. The Labute approximate surface area is 103 Å². The van der Waals surface area contributed by atoms with Gasteiger partial charge in [0.05, 0.1) is 24.1 Å². The van der Waals surface area contributed by atoms with Gasteiger partial charge in [-0.1, -0.05) is 0 Å². The molecule has 1 amide bonds. The summed E-state index contributed by atoms with van der Waals surface area (Å²) in [4.78, 5) is 12.1. The minimum Gasteiger partial charge on any atom is -0.378 e. The van der Waals surface area contributed by atoms with Gasteiger partial charge in [-0.05, 0) is 11.4 Å². The number of thiophene rings is 1. The van der Waals surface area contributed by atoms with E-state index in [2.05, 4.69) is 15.7 Å². The smallest absolute Gasteiger partial charge is 0.221 e. The second kappa shape index (κ2) is 5.01. The summed E-state index contributed by atoms with van der Waals surface area (Å²) < 4.78 is 1.74. The fraction of sp³-hybridized carbons (Fsp3) is 0.273. The van der Waals surface area contributed by atoms with Crippen molar-refractivity contribution in [1.29, 1.82) is 0 Å². The number of rotatable bonds is 4. The van der Waals surface area contributed by atoms with Crippen LogP contribution in [0.4, 0.5) is 11.4 Å². The van der Waals surface area contributed by atoms with Gasteiger partial charge in [0.2, 0.25) is 5.91 Å². The van der Waals surface area contributed by atoms with Crippen LogP contribution < -0.4 is 10.6 Å². The molecular weight excluding hydrogens is 236 g/mol. The molecule has 2 aromatic heterocycles. The summed E-state index contributed by atoms with van der Waals surface area (Å²) in [5.74, 6) is -0.0500. The molecule has 2 aromatic rings. The van der Waals surface area contributed by atoms with Crippen molar-refractivity contribution in [3.05, 3.63) is 28.7 Å². The molecular formula is C11H14N4OS. The van der Waals surface area contributed by atoms with E-state index in [0.717, 1.165) is 16.3 Å². The maximum Gasteiger partial charge on any atom is 0.221 e. The van der Waals surface area contributed by atoms with Gasteiger partial charge in [-0.2, -0.15) is 5.10 Å². The first-order valence-corrected chi connectivity index (χ1v) is 6.09. The van der Waals surface area contributed by atoms with E-state index in [0.29, 0.717) is 6.54 Å². The maximum absolute atomic E-state index is 11.0. The van der Waals surface area contributed by atoms with Gasteiger partial charge >= 0.3 is 0 Å². The summed E-state index contributed by atoms with van der Waals surface area (Å²) in [5.41, 5.74) is 1.84. The second-order valence-electron chi connectivity index (χ2n) is 3.69. The predicted octanol–water partition coefficient (Wildman–Crippen LogP) is 2.05. The molecule has 0 saturated carbocycles. The van der Waals surface area contributed by atoms with Crippen LogP contribution in [0.3, 0.4) is 0 Å². The van der Waals surface area contributed by atoms with Crippen molar-refractivity contribution in [2.24, 2.45) is 7.05 Å². The highest BCUT2D eigenvalue weighted by atomic mass is 32.1. The third-order valence-corrected chi connectivity index (χ3v) is 3.13. The van der Waals surface area contributed by atoms with Gasteiger partial charge in [0.15, 0.2) is 0 Å². The number of carbonyl (C=O) groups is 1. The van der Waals surface area contributed by atoms with Gasteiger partial charge in [0.25, 0.3) is 0 Å². The van der Waals surface area contributed by atoms with Gasteiger partial charge in [-0.15, -0.1) is 11.3 Å². The second-order valence-corrected chi connectivity index (χ2v) is 4.70. The molecule has 17 heavy (non-hydrogen) atoms. The lowest BCUT2D eigenvalue weighted by molar-refractivity contribution is -0.114. The Balaban J connectivity index is 1.99. The van der Waals surface area contributed by atoms with Crippen molar-refractivity contribution >= 4 is 28.6 Å². The molecule has 90 valence electrons. The Hall–Kier alpha value is -1.82. The fourth-order valence-electron chi connectivity index (χ4n) is 1.47. The van der Waals surface area contributed by atoms with Gasteiger partial charge in [0.1, 0.15) is 0 Å². The summed E-state index contributed by atoms with van der Waals surface area (Å²) in [6.07, 6.45) is 3.68. The Kier molecular flexibility index (Phi) is 3.43. The fourth-order valence-corrected chi connectivity index (χ4v) is 2.24. The molecule has 0 radical (unpaired) electrons. The summed E-state index contributed by atoms with van der Waals surface area (Å²) in [6.45, 7) is 2.19. The molecule has 6 heteroatoms. The summed E-state index contributed by atoms with van der Waals surface area (Å²) >= 11 is 1.61. The highest BCUT2D eigenvalue weighted by Crippen LogP contribution is 2.23. The zero-order valence-corrected chi connectivity index (χ0v) is 10.5. The minimum atomic E-state index is -0.0500. The standard InChI is InChI=1S/C11H14N4OS/c1-8(16)14-10-3-4-17-11(10)6-12-9-5-13-15(2)7-9/h3-5,7,12H,6H2,1-2H3,(H,14,16). The average molecular weight is 250 g/mol. The Bertz CT molecular complexity index is 517. The molecule has 0 aliphatic rings. The van der Waals surface area contributed by atoms with Crippen LogP contribution in [0.5, 0.6) is 0 Å². The normalized spacial score (nSPS) is 10.2. The molecule has 0 atom stereocenters. The quantitative estimate of drug-likeness (QED) is 0.873. The number of nitrogens with zero attached hydrogens (tertiary/aromatic N) is 2. The Morgan fingerprint density at radius 3 is 3.06 bits per heavy atom. The van der Waals surface area contributed by atoms with E-state index < -0.39 is 0 Å². The monoisotopic (exact) mass is 250 g/mol. The van der Waals surface area contributed by atoms with Gasteiger partial charge in [-0.3, -0.25) is 9.48 Å². The average Bonchev–Trinajstić information content (AvgIpc) is 2.84. The molecule has 0 aliphatic carbocycles. The summed E-state index contributed by atoms with van der Waals surface area (Å²) in [5, 5.41) is 12.1. The highest BCUT2D eigenvalue weighted by molar-refractivity contribution is 7.10. The van der Waals surface area contributed by atoms with Crippen molar-refractivity contribution in [2.75, 3.05) is 10.6 Å². The third kappa shape index (κ3) is 3.07. The van der Waals surface area contributed by atoms with Crippen LogP contribution in [0.25, 0.3) is 0 Å². The van der Waals surface area contributed by atoms with Crippen molar-refractivity contribution in [1.82, 2.24) is 9.78 Å². The van der Waals surface area contributed by atoms with E-state index in [-0.39, 0.29) is 5.91 Å². The summed E-state index contributed by atoms with van der Waals surface area (Å²) in [6, 6.07) is 1.91. The topological polar surface area (TPSA) is 59.0 Å². The van der Waals surface area contributed by atoms with Crippen LogP contribution >= 0.6 is 11.3 Å². The number of hydrogen-bond donors (Lipinski definition) is 2. The number of carbonyl (C=O) groups excluding carboxylic acids is 1. The molecule has 0 unspecified atom stereocenters. The van der Waals surface area contributed by atoms with E-state index in [9.17, 15) is 4.79 Å². The number of nitrogens with one attached hydrogen (secondary N) is 2. The number of hydrogen-bond acceptors (Lipinski definition) is 4. The lowest BCUT2D eigenvalue weighted by Crippen LogP contribution is -2.07. The van der Waals surface area contributed by atoms with Gasteiger partial charge in [-0.25, -0.2) is 0 Å². The lowest BCUT2D eigenvalue weighted by atomic mass is 10.3. The maximum atomic E-state index is 11.0. The van der Waals surface area contributed by atoms with Crippen LogP contribution in [0.2, 0.25) is 0 Å². The van der Waals surface area contributed by atoms with Crippen LogP contribution in [0.1, 0.15) is 11.8 Å². The molecule has 0 bridgehead atoms. The molecule has 2 N–H and O–H groups in total. The van der Waals surface area contributed by atoms with Gasteiger partial charge in [0, 0.05) is 25.0 Å². The lowest BCUT2D eigenvalue weighted by Gasteiger charge is -2.05. The minimum absolute atomic E-state index is 0.0500. The van der Waals surface area contributed by atoms with Gasteiger partial charge < -0.3 is 10.6 Å². The molecule has 2 heterocycles. The molecule has 0 aromatic carbocycles. The number of anilines is 2. The molecule has 0 saturated heterocycles. The van der Waals surface area contributed by atoms with E-state index in [1.54, 1.807) is 22.2 Å². The first-order chi connectivity index (χ1) is 8.15. The van der Waals surface area contributed by atoms with E-state index in [4.69, 9.17) is 0 Å². The highest BCUT2D eigenvalue weighted by Gasteiger charge is 2.05. The van der Waals surface area contributed by atoms with Crippen molar-refractivity contribution in [2.45, 2.75) is 13.5 Å². The number of aryl methyl sites for hydroxylation is 1. The van der Waals surface area contributed by atoms with E-state index >= 15 is 0 Å². The van der Waals surface area contributed by atoms with Crippen LogP contribution in [-0.4, -0.2) is 15.7 Å². The predicted molar refractivity (Wildman–Crippen MR) is 69.2 cm³/mol. The number of amides is 1. The zero-order valence-electron chi connectivity index (χ0n) is 9.73. The Morgan fingerprint density at radius 1 is 1.59 bits per heavy atom. The van der Waals surface area contributed by atoms with Crippen molar-refractivity contribution in [3.63, 3.8) is 0 Å². The molecule has 0 aliphatic heterocycles. The molecule has 0 spiro atoms. The van der Waals surface area contributed by atoms with Crippen LogP contribution in [-0.2, 0) is 18.4 Å². The molecule has 0 fully saturated rings. The third-order valence-electron chi connectivity index (χ3n) is 2.21. The summed E-state index contributed by atoms with van der Waals surface area (Å²) in [7, 11) is 1.87. The van der Waals surface area contributed by atoms with Crippen LogP contribution in [0.15, 0.2) is 23.8 Å². The molecule has 2 rings (SSSR count).